The predicted molar refractivity (Wildman–Crippen MR) is 75.1 cm³/mol. The predicted octanol–water partition coefficient (Wildman–Crippen LogP) is 1.38. The van der Waals surface area contributed by atoms with Crippen molar-refractivity contribution in [2.24, 2.45) is 0 Å². The largest absolute Gasteiger partial charge is 0.493 e. The van der Waals surface area contributed by atoms with Gasteiger partial charge in [-0.1, -0.05) is 6.07 Å². The number of nitrogens with zero attached hydrogens (tertiary/aromatic N) is 1. The van der Waals surface area contributed by atoms with Crippen molar-refractivity contribution in [3.05, 3.63) is 18.2 Å². The summed E-state index contributed by atoms with van der Waals surface area (Å²) < 4.78 is 33.1. The molecule has 1 aromatic rings. The van der Waals surface area contributed by atoms with Crippen molar-refractivity contribution in [1.29, 1.82) is 0 Å². The highest BCUT2D eigenvalue weighted by Gasteiger charge is 2.39. The molecule has 1 heterocycles. The summed E-state index contributed by atoms with van der Waals surface area (Å²) in [4.78, 5) is 13.4. The smallest absolute Gasteiger partial charge is 0.237 e. The standard InChI is InChI=1S/C12H14ClNO5S/c1-18-10-5-3-4-9(12(10)19-2)14-7-8(6-11(14)15)20(13,16)17/h3-5,8H,6-7H2,1-2H3. The number of methoxy groups -OCH3 is 2. The molecule has 0 aliphatic carbocycles. The van der Waals surface area contributed by atoms with Gasteiger partial charge in [-0.05, 0) is 12.1 Å². The maximum atomic E-state index is 12.0. The van der Waals surface area contributed by atoms with Crippen LogP contribution < -0.4 is 14.4 Å². The van der Waals surface area contributed by atoms with Crippen molar-refractivity contribution in [2.75, 3.05) is 25.7 Å². The van der Waals surface area contributed by atoms with Crippen LogP contribution in [0.2, 0.25) is 0 Å². The van der Waals surface area contributed by atoms with Crippen LogP contribution in [-0.4, -0.2) is 40.3 Å². The molecular weight excluding hydrogens is 306 g/mol. The molecule has 1 saturated heterocycles. The van der Waals surface area contributed by atoms with Crippen molar-refractivity contribution >= 4 is 31.3 Å². The topological polar surface area (TPSA) is 72.9 Å². The molecule has 0 aromatic heterocycles. The Morgan fingerprint density at radius 1 is 1.30 bits per heavy atom. The Labute approximate surface area is 121 Å². The molecule has 2 rings (SSSR count). The van der Waals surface area contributed by atoms with E-state index in [9.17, 15) is 13.2 Å². The number of para-hydroxylation sites is 1. The number of halogens is 1. The van der Waals surface area contributed by atoms with E-state index in [1.54, 1.807) is 18.2 Å². The van der Waals surface area contributed by atoms with Gasteiger partial charge in [-0.25, -0.2) is 8.42 Å². The molecule has 0 spiro atoms. The first kappa shape index (κ1) is 14.9. The fraction of sp³-hybridized carbons (Fsp3) is 0.417. The summed E-state index contributed by atoms with van der Waals surface area (Å²) in [5, 5.41) is -0.910. The lowest BCUT2D eigenvalue weighted by molar-refractivity contribution is -0.117. The number of carbonyl (C=O) groups is 1. The molecule has 1 amide bonds. The molecule has 1 fully saturated rings. The molecule has 1 aliphatic heterocycles. The van der Waals surface area contributed by atoms with Crippen molar-refractivity contribution in [3.63, 3.8) is 0 Å². The highest BCUT2D eigenvalue weighted by atomic mass is 35.7. The molecule has 0 saturated carbocycles. The van der Waals surface area contributed by atoms with Gasteiger partial charge >= 0.3 is 0 Å². The van der Waals surface area contributed by atoms with E-state index < -0.39 is 14.3 Å². The second-order valence-electron chi connectivity index (χ2n) is 4.32. The van der Waals surface area contributed by atoms with Gasteiger partial charge in [0, 0.05) is 23.6 Å². The van der Waals surface area contributed by atoms with Crippen LogP contribution in [0.3, 0.4) is 0 Å². The summed E-state index contributed by atoms with van der Waals surface area (Å²) in [6.07, 6.45) is -0.133. The molecule has 1 atom stereocenters. The quantitative estimate of drug-likeness (QED) is 0.784. The Kier molecular flexibility index (Phi) is 4.10. The van der Waals surface area contributed by atoms with Crippen LogP contribution in [0, 0.1) is 0 Å². The Balaban J connectivity index is 2.40. The van der Waals surface area contributed by atoms with Crippen molar-refractivity contribution in [2.45, 2.75) is 11.7 Å². The zero-order chi connectivity index (χ0) is 14.9. The van der Waals surface area contributed by atoms with Crippen molar-refractivity contribution in [1.82, 2.24) is 0 Å². The van der Waals surface area contributed by atoms with Crippen LogP contribution in [0.4, 0.5) is 5.69 Å². The number of rotatable bonds is 4. The second-order valence-corrected chi connectivity index (χ2v) is 7.23. The maximum absolute atomic E-state index is 12.0. The van der Waals surface area contributed by atoms with Gasteiger partial charge in [0.1, 0.15) is 5.25 Å². The van der Waals surface area contributed by atoms with Crippen LogP contribution in [-0.2, 0) is 13.8 Å². The molecule has 1 unspecified atom stereocenters. The zero-order valence-corrected chi connectivity index (χ0v) is 12.6. The second kappa shape index (κ2) is 5.49. The van der Waals surface area contributed by atoms with E-state index >= 15 is 0 Å². The highest BCUT2D eigenvalue weighted by molar-refractivity contribution is 8.14. The van der Waals surface area contributed by atoms with E-state index in [0.717, 1.165) is 0 Å². The first-order valence-electron chi connectivity index (χ1n) is 5.83. The maximum Gasteiger partial charge on any atom is 0.237 e. The third kappa shape index (κ3) is 2.69. The molecule has 6 nitrogen and oxygen atoms in total. The molecule has 110 valence electrons. The molecular formula is C12H14ClNO5S. The van der Waals surface area contributed by atoms with Gasteiger partial charge in [-0.2, -0.15) is 0 Å². The van der Waals surface area contributed by atoms with E-state index in [4.69, 9.17) is 20.2 Å². The van der Waals surface area contributed by atoms with Gasteiger partial charge in [0.05, 0.1) is 19.9 Å². The van der Waals surface area contributed by atoms with E-state index in [1.165, 1.54) is 19.1 Å². The van der Waals surface area contributed by atoms with E-state index in [-0.39, 0.29) is 18.9 Å². The summed E-state index contributed by atoms with van der Waals surface area (Å²) in [6, 6.07) is 5.06. The lowest BCUT2D eigenvalue weighted by Crippen LogP contribution is -2.27. The fourth-order valence-electron chi connectivity index (χ4n) is 2.18. The minimum Gasteiger partial charge on any atom is -0.493 e. The average Bonchev–Trinajstić information content (AvgIpc) is 2.79. The number of hydrogen-bond acceptors (Lipinski definition) is 5. The normalized spacial score (nSPS) is 19.2. The molecule has 20 heavy (non-hydrogen) atoms. The molecule has 0 N–H and O–H groups in total. The summed E-state index contributed by atoms with van der Waals surface area (Å²) in [5.74, 6) is 0.539. The van der Waals surface area contributed by atoms with Gasteiger partial charge < -0.3 is 14.4 Å². The Bertz CT molecular complexity index is 631. The van der Waals surface area contributed by atoms with Crippen LogP contribution in [0.15, 0.2) is 18.2 Å². The van der Waals surface area contributed by atoms with Crippen molar-refractivity contribution in [3.8, 4) is 11.5 Å². The van der Waals surface area contributed by atoms with Gasteiger partial charge in [-0.15, -0.1) is 0 Å². The molecule has 1 aliphatic rings. The van der Waals surface area contributed by atoms with E-state index in [1.807, 2.05) is 0 Å². The fourth-order valence-corrected chi connectivity index (χ4v) is 3.21. The van der Waals surface area contributed by atoms with Gasteiger partial charge in [0.2, 0.25) is 15.0 Å². The average molecular weight is 320 g/mol. The lowest BCUT2D eigenvalue weighted by Gasteiger charge is -2.20. The van der Waals surface area contributed by atoms with Crippen LogP contribution in [0.1, 0.15) is 6.42 Å². The first-order chi connectivity index (χ1) is 9.38. The number of hydrogen-bond donors (Lipinski definition) is 0. The van der Waals surface area contributed by atoms with E-state index in [2.05, 4.69) is 0 Å². The minimum absolute atomic E-state index is 0.00813. The monoisotopic (exact) mass is 319 g/mol. The number of benzene rings is 1. The first-order valence-corrected chi connectivity index (χ1v) is 8.20. The Morgan fingerprint density at radius 3 is 2.50 bits per heavy atom. The Hall–Kier alpha value is -1.47. The third-order valence-corrected chi connectivity index (χ3v) is 5.03. The molecule has 0 bridgehead atoms. The Morgan fingerprint density at radius 2 is 2.00 bits per heavy atom. The number of carbonyl (C=O) groups excluding carboxylic acids is 1. The summed E-state index contributed by atoms with van der Waals surface area (Å²) in [6.45, 7) is 0.00813. The molecule has 0 radical (unpaired) electrons. The summed E-state index contributed by atoms with van der Waals surface area (Å²) in [5.41, 5.74) is 0.472. The zero-order valence-electron chi connectivity index (χ0n) is 11.0. The van der Waals surface area contributed by atoms with Gasteiger partial charge in [0.25, 0.3) is 0 Å². The van der Waals surface area contributed by atoms with Gasteiger partial charge in [0.15, 0.2) is 11.5 Å². The third-order valence-electron chi connectivity index (χ3n) is 3.16. The van der Waals surface area contributed by atoms with Crippen LogP contribution >= 0.6 is 10.7 Å². The highest BCUT2D eigenvalue weighted by Crippen LogP contribution is 2.39. The number of amides is 1. The van der Waals surface area contributed by atoms with Crippen LogP contribution in [0.5, 0.6) is 11.5 Å². The van der Waals surface area contributed by atoms with Crippen molar-refractivity contribution < 1.29 is 22.7 Å². The summed E-state index contributed by atoms with van der Waals surface area (Å²) >= 11 is 0. The minimum atomic E-state index is -3.77. The SMILES string of the molecule is COc1cccc(N2CC(S(=O)(=O)Cl)CC2=O)c1OC. The number of ether oxygens (including phenoxy) is 2. The van der Waals surface area contributed by atoms with E-state index in [0.29, 0.717) is 17.2 Å². The molecule has 1 aromatic carbocycles. The lowest BCUT2D eigenvalue weighted by atomic mass is 10.2. The number of anilines is 1. The van der Waals surface area contributed by atoms with Crippen LogP contribution in [0.25, 0.3) is 0 Å². The molecule has 8 heteroatoms. The van der Waals surface area contributed by atoms with Gasteiger partial charge in [-0.3, -0.25) is 4.79 Å². The summed E-state index contributed by atoms with van der Waals surface area (Å²) in [7, 11) is 4.49.